The molecule has 1 nitrogen and oxygen atoms in total. The summed E-state index contributed by atoms with van der Waals surface area (Å²) in [5.41, 5.74) is 0. The summed E-state index contributed by atoms with van der Waals surface area (Å²) in [6, 6.07) is 0. The highest BCUT2D eigenvalue weighted by atomic mass is 32.2. The number of thioether (sulfide) groups is 2. The fourth-order valence-corrected chi connectivity index (χ4v) is 3.34. The number of aliphatic hydroxyl groups excluding tert-OH is 1. The molecule has 1 aliphatic rings. The van der Waals surface area contributed by atoms with Crippen molar-refractivity contribution < 1.29 is 5.11 Å². The van der Waals surface area contributed by atoms with Gasteiger partial charge in [0, 0.05) is 5.75 Å². The van der Waals surface area contributed by atoms with Gasteiger partial charge in [0.1, 0.15) is 0 Å². The van der Waals surface area contributed by atoms with Crippen molar-refractivity contribution in [2.75, 3.05) is 23.0 Å². The summed E-state index contributed by atoms with van der Waals surface area (Å²) >= 11 is 3.87. The minimum Gasteiger partial charge on any atom is -0.392 e. The van der Waals surface area contributed by atoms with Crippen LogP contribution in [0.15, 0.2) is 0 Å². The van der Waals surface area contributed by atoms with Crippen molar-refractivity contribution in [3.8, 4) is 0 Å². The summed E-state index contributed by atoms with van der Waals surface area (Å²) in [6.07, 6.45) is 1.18. The smallest absolute Gasteiger partial charge is 0.0666 e. The van der Waals surface area contributed by atoms with E-state index in [0.717, 1.165) is 5.75 Å². The largest absolute Gasteiger partial charge is 0.392 e. The molecule has 0 aliphatic carbocycles. The Morgan fingerprint density at radius 1 is 1.55 bits per heavy atom. The van der Waals surface area contributed by atoms with E-state index in [4.69, 9.17) is 0 Å². The Bertz CT molecular complexity index is 108. The van der Waals surface area contributed by atoms with Crippen molar-refractivity contribution in [1.82, 2.24) is 0 Å². The Labute approximate surface area is 77.3 Å². The van der Waals surface area contributed by atoms with Crippen LogP contribution in [0.1, 0.15) is 13.3 Å². The van der Waals surface area contributed by atoms with Gasteiger partial charge in [0.25, 0.3) is 0 Å². The summed E-state index contributed by atoms with van der Waals surface area (Å²) in [4.78, 5) is 0. The van der Waals surface area contributed by atoms with E-state index in [9.17, 15) is 5.11 Å². The van der Waals surface area contributed by atoms with Gasteiger partial charge in [-0.1, -0.05) is 6.92 Å². The van der Waals surface area contributed by atoms with Crippen LogP contribution in [0.25, 0.3) is 0 Å². The van der Waals surface area contributed by atoms with Crippen molar-refractivity contribution in [2.45, 2.75) is 19.4 Å². The summed E-state index contributed by atoms with van der Waals surface area (Å²) in [7, 11) is 0. The maximum atomic E-state index is 9.46. The molecule has 1 N–H and O–H groups in total. The molecule has 1 aliphatic heterocycles. The van der Waals surface area contributed by atoms with E-state index in [1.807, 2.05) is 23.5 Å². The molecule has 2 unspecified atom stereocenters. The quantitative estimate of drug-likeness (QED) is 0.687. The molecular formula is C8H16OS2. The van der Waals surface area contributed by atoms with Gasteiger partial charge in [-0.2, -0.15) is 23.5 Å². The van der Waals surface area contributed by atoms with Crippen molar-refractivity contribution in [1.29, 1.82) is 0 Å². The molecule has 0 saturated carbocycles. The van der Waals surface area contributed by atoms with E-state index in [1.165, 1.54) is 23.7 Å². The highest BCUT2D eigenvalue weighted by Crippen LogP contribution is 2.27. The zero-order chi connectivity index (χ0) is 8.10. The Hall–Kier alpha value is 0.660. The first-order chi connectivity index (χ1) is 5.34. The summed E-state index contributed by atoms with van der Waals surface area (Å²) < 4.78 is 0. The third-order valence-electron chi connectivity index (χ3n) is 2.00. The van der Waals surface area contributed by atoms with Gasteiger partial charge in [0.2, 0.25) is 0 Å². The first kappa shape index (κ1) is 9.75. The monoisotopic (exact) mass is 192 g/mol. The second-order valence-corrected chi connectivity index (χ2v) is 5.32. The fraction of sp³-hybridized carbons (Fsp3) is 1.00. The van der Waals surface area contributed by atoms with Gasteiger partial charge in [0.05, 0.1) is 6.10 Å². The van der Waals surface area contributed by atoms with E-state index >= 15 is 0 Å². The van der Waals surface area contributed by atoms with Crippen LogP contribution in [0.5, 0.6) is 0 Å². The minimum absolute atomic E-state index is 0.0162. The number of hydrogen-bond donors (Lipinski definition) is 1. The number of hydrogen-bond acceptors (Lipinski definition) is 3. The van der Waals surface area contributed by atoms with Crippen LogP contribution in [0.3, 0.4) is 0 Å². The molecule has 0 amide bonds. The average molecular weight is 192 g/mol. The number of rotatable bonds is 4. The molecule has 0 aromatic heterocycles. The molecule has 66 valence electrons. The first-order valence-electron chi connectivity index (χ1n) is 4.18. The van der Waals surface area contributed by atoms with Gasteiger partial charge in [-0.3, -0.25) is 0 Å². The highest BCUT2D eigenvalue weighted by Gasteiger charge is 2.24. The van der Waals surface area contributed by atoms with Crippen molar-refractivity contribution in [3.05, 3.63) is 0 Å². The maximum absolute atomic E-state index is 9.46. The van der Waals surface area contributed by atoms with Gasteiger partial charge in [-0.05, 0) is 29.6 Å². The zero-order valence-electron chi connectivity index (χ0n) is 6.95. The van der Waals surface area contributed by atoms with E-state index < -0.39 is 0 Å². The standard InChI is InChI=1S/C8H16OS2/c1-2-10-4-3-7-5-11-6-8(7)9/h7-9H,2-6H2,1H3. The molecular weight excluding hydrogens is 176 g/mol. The summed E-state index contributed by atoms with van der Waals surface area (Å²) in [6.45, 7) is 2.19. The van der Waals surface area contributed by atoms with Gasteiger partial charge in [-0.15, -0.1) is 0 Å². The topological polar surface area (TPSA) is 20.2 Å². The predicted molar refractivity (Wildman–Crippen MR) is 54.4 cm³/mol. The van der Waals surface area contributed by atoms with Gasteiger partial charge in [0.15, 0.2) is 0 Å². The number of aliphatic hydroxyl groups is 1. The summed E-state index contributed by atoms with van der Waals surface area (Å²) in [5, 5.41) is 9.46. The minimum atomic E-state index is -0.0162. The van der Waals surface area contributed by atoms with Crippen molar-refractivity contribution in [3.63, 3.8) is 0 Å². The van der Waals surface area contributed by atoms with Crippen LogP contribution < -0.4 is 0 Å². The van der Waals surface area contributed by atoms with Gasteiger partial charge >= 0.3 is 0 Å². The average Bonchev–Trinajstić information content (AvgIpc) is 2.37. The second-order valence-electron chi connectivity index (χ2n) is 2.85. The van der Waals surface area contributed by atoms with Crippen LogP contribution in [-0.4, -0.2) is 34.2 Å². The zero-order valence-corrected chi connectivity index (χ0v) is 8.59. The molecule has 0 spiro atoms. The van der Waals surface area contributed by atoms with E-state index in [-0.39, 0.29) is 6.10 Å². The third-order valence-corrected chi connectivity index (χ3v) is 4.18. The van der Waals surface area contributed by atoms with E-state index in [2.05, 4.69) is 6.92 Å². The van der Waals surface area contributed by atoms with E-state index in [1.54, 1.807) is 0 Å². The molecule has 2 atom stereocenters. The van der Waals surface area contributed by atoms with Crippen LogP contribution in [-0.2, 0) is 0 Å². The summed E-state index contributed by atoms with van der Waals surface area (Å²) in [5.74, 6) is 5.14. The van der Waals surface area contributed by atoms with E-state index in [0.29, 0.717) is 5.92 Å². The Morgan fingerprint density at radius 3 is 2.91 bits per heavy atom. The molecule has 1 heterocycles. The molecule has 0 aromatic carbocycles. The fourth-order valence-electron chi connectivity index (χ4n) is 1.24. The molecule has 3 heteroatoms. The molecule has 1 saturated heterocycles. The third kappa shape index (κ3) is 3.26. The Kier molecular flexibility index (Phi) is 4.72. The lowest BCUT2D eigenvalue weighted by Crippen LogP contribution is -2.18. The van der Waals surface area contributed by atoms with Gasteiger partial charge < -0.3 is 5.11 Å². The lowest BCUT2D eigenvalue weighted by atomic mass is 10.0. The predicted octanol–water partition coefficient (Wildman–Crippen LogP) is 1.85. The second kappa shape index (κ2) is 5.33. The highest BCUT2D eigenvalue weighted by molar-refractivity contribution is 7.99. The van der Waals surface area contributed by atoms with Crippen LogP contribution in [0.2, 0.25) is 0 Å². The molecule has 0 bridgehead atoms. The van der Waals surface area contributed by atoms with Crippen LogP contribution >= 0.6 is 23.5 Å². The normalized spacial score (nSPS) is 31.1. The van der Waals surface area contributed by atoms with Crippen LogP contribution in [0, 0.1) is 5.92 Å². The lowest BCUT2D eigenvalue weighted by Gasteiger charge is -2.11. The van der Waals surface area contributed by atoms with Gasteiger partial charge in [-0.25, -0.2) is 0 Å². The molecule has 0 radical (unpaired) electrons. The first-order valence-corrected chi connectivity index (χ1v) is 6.49. The molecule has 1 fully saturated rings. The molecule has 1 rings (SSSR count). The van der Waals surface area contributed by atoms with Crippen molar-refractivity contribution in [2.24, 2.45) is 5.92 Å². The Balaban J connectivity index is 2.05. The molecule has 11 heavy (non-hydrogen) atoms. The Morgan fingerprint density at radius 2 is 2.36 bits per heavy atom. The van der Waals surface area contributed by atoms with Crippen molar-refractivity contribution >= 4 is 23.5 Å². The molecule has 0 aromatic rings. The SMILES string of the molecule is CCSCCC1CSCC1O. The van der Waals surface area contributed by atoms with Crippen LogP contribution in [0.4, 0.5) is 0 Å². The lowest BCUT2D eigenvalue weighted by molar-refractivity contribution is 0.148. The maximum Gasteiger partial charge on any atom is 0.0666 e.